The maximum Gasteiger partial charge on any atom is 0.0514 e. The Bertz CT molecular complexity index is 372. The number of hydrogen-bond donors (Lipinski definition) is 1. The molecule has 1 rings (SSSR count). The average Bonchev–Trinajstić information content (AvgIpc) is 2.09. The van der Waals surface area contributed by atoms with E-state index in [4.69, 9.17) is 5.53 Å². The van der Waals surface area contributed by atoms with Crippen LogP contribution in [0.15, 0.2) is 22.1 Å². The molecule has 0 fully saturated rings. The van der Waals surface area contributed by atoms with Gasteiger partial charge in [-0.15, -0.1) is 12.6 Å². The molecule has 0 saturated carbocycles. The number of nitrogens with zero attached hydrogens (tertiary/aromatic N) is 3. The lowest BCUT2D eigenvalue weighted by molar-refractivity contribution is 1.01. The number of rotatable bonds is 2. The molecule has 0 N–H and O–H groups in total. The molecule has 0 aliphatic heterocycles. The Morgan fingerprint density at radius 1 is 1.62 bits per heavy atom. The highest BCUT2D eigenvalue weighted by Crippen LogP contribution is 2.21. The normalized spacial score (nSPS) is 9.46. The molecule has 0 heterocycles. The molecular weight excluding hydrogens is 297 g/mol. The van der Waals surface area contributed by atoms with Gasteiger partial charge in [0.2, 0.25) is 0 Å². The maximum atomic E-state index is 8.19. The van der Waals surface area contributed by atoms with Crippen LogP contribution in [0.3, 0.4) is 0 Å². The minimum atomic E-state index is 0.396. The zero-order valence-electron chi connectivity index (χ0n) is 7.03. The van der Waals surface area contributed by atoms with E-state index in [0.717, 1.165) is 19.6 Å². The van der Waals surface area contributed by atoms with E-state index in [-0.39, 0.29) is 0 Å². The molecule has 0 unspecified atom stereocenters. The third kappa shape index (κ3) is 2.79. The van der Waals surface area contributed by atoms with Gasteiger partial charge in [-0.2, -0.15) is 0 Å². The van der Waals surface area contributed by atoms with Crippen LogP contribution in [0.4, 0.5) is 0 Å². The van der Waals surface area contributed by atoms with Gasteiger partial charge in [-0.05, 0) is 58.3 Å². The molecule has 0 atom stereocenters. The van der Waals surface area contributed by atoms with E-state index >= 15 is 0 Å². The minimum absolute atomic E-state index is 0.396. The van der Waals surface area contributed by atoms with Crippen molar-refractivity contribution in [1.29, 1.82) is 0 Å². The second kappa shape index (κ2) is 4.74. The first kappa shape index (κ1) is 10.7. The van der Waals surface area contributed by atoms with Crippen molar-refractivity contribution >= 4 is 35.2 Å². The molecule has 1 aromatic carbocycles. The number of hydrogen-bond acceptors (Lipinski definition) is 2. The van der Waals surface area contributed by atoms with Gasteiger partial charge >= 0.3 is 0 Å². The van der Waals surface area contributed by atoms with Crippen LogP contribution < -0.4 is 0 Å². The highest BCUT2D eigenvalue weighted by Gasteiger charge is 2.02. The van der Waals surface area contributed by atoms with Crippen molar-refractivity contribution in [1.82, 2.24) is 0 Å². The lowest BCUT2D eigenvalue weighted by atomic mass is 10.1. The smallest absolute Gasteiger partial charge is 0.0514 e. The van der Waals surface area contributed by atoms with Crippen LogP contribution >= 0.6 is 35.2 Å². The molecule has 0 aliphatic rings. The van der Waals surface area contributed by atoms with Crippen LogP contribution in [0, 0.1) is 10.5 Å². The molecule has 5 heteroatoms. The van der Waals surface area contributed by atoms with Gasteiger partial charge in [0, 0.05) is 13.4 Å². The Kier molecular flexibility index (Phi) is 3.90. The summed E-state index contributed by atoms with van der Waals surface area (Å²) in [7, 11) is 0. The van der Waals surface area contributed by atoms with E-state index in [0.29, 0.717) is 6.54 Å². The summed E-state index contributed by atoms with van der Waals surface area (Å²) < 4.78 is 1.15. The standard InChI is InChI=1S/C8H8IN3S/c1-5-6(4-11-12-10)2-7(13)3-8(5)9/h2-3,13H,4H2,1H3. The Hall–Kier alpha value is -0.390. The van der Waals surface area contributed by atoms with Crippen LogP contribution in [0.25, 0.3) is 10.4 Å². The quantitative estimate of drug-likeness (QED) is 0.285. The first-order chi connectivity index (χ1) is 6.15. The highest BCUT2D eigenvalue weighted by atomic mass is 127. The summed E-state index contributed by atoms with van der Waals surface area (Å²) in [6, 6.07) is 3.91. The molecule has 3 nitrogen and oxygen atoms in total. The van der Waals surface area contributed by atoms with E-state index in [1.807, 2.05) is 19.1 Å². The number of benzene rings is 1. The van der Waals surface area contributed by atoms with E-state index < -0.39 is 0 Å². The molecule has 0 bridgehead atoms. The van der Waals surface area contributed by atoms with Crippen molar-refractivity contribution < 1.29 is 0 Å². The van der Waals surface area contributed by atoms with Gasteiger partial charge in [-0.3, -0.25) is 0 Å². The Morgan fingerprint density at radius 2 is 2.31 bits per heavy atom. The van der Waals surface area contributed by atoms with E-state index in [1.54, 1.807) is 0 Å². The molecule has 0 radical (unpaired) electrons. The van der Waals surface area contributed by atoms with Gasteiger partial charge in [0.1, 0.15) is 0 Å². The fraction of sp³-hybridized carbons (Fsp3) is 0.250. The van der Waals surface area contributed by atoms with Gasteiger partial charge < -0.3 is 0 Å². The summed E-state index contributed by atoms with van der Waals surface area (Å²) >= 11 is 6.50. The van der Waals surface area contributed by atoms with Crippen molar-refractivity contribution in [2.24, 2.45) is 5.11 Å². The highest BCUT2D eigenvalue weighted by molar-refractivity contribution is 14.1. The lowest BCUT2D eigenvalue weighted by Gasteiger charge is -2.05. The van der Waals surface area contributed by atoms with E-state index in [1.165, 1.54) is 0 Å². The zero-order chi connectivity index (χ0) is 9.84. The Labute approximate surface area is 95.7 Å². The summed E-state index contributed by atoms with van der Waals surface area (Å²) in [5.74, 6) is 0. The van der Waals surface area contributed by atoms with Crippen molar-refractivity contribution in [3.05, 3.63) is 37.3 Å². The van der Waals surface area contributed by atoms with E-state index in [2.05, 4.69) is 45.2 Å². The maximum absolute atomic E-state index is 8.19. The number of halogens is 1. The summed E-state index contributed by atoms with van der Waals surface area (Å²) in [4.78, 5) is 3.63. The fourth-order valence-electron chi connectivity index (χ4n) is 0.992. The van der Waals surface area contributed by atoms with Crippen LogP contribution in [-0.4, -0.2) is 0 Å². The van der Waals surface area contributed by atoms with Gasteiger partial charge in [-0.25, -0.2) is 0 Å². The second-order valence-corrected chi connectivity index (χ2v) is 4.28. The van der Waals surface area contributed by atoms with Gasteiger partial charge in [0.05, 0.1) is 6.54 Å². The Balaban J connectivity index is 3.12. The molecule has 0 aromatic heterocycles. The molecule has 68 valence electrons. The van der Waals surface area contributed by atoms with Crippen LogP contribution in [0.5, 0.6) is 0 Å². The topological polar surface area (TPSA) is 48.8 Å². The summed E-state index contributed by atoms with van der Waals surface area (Å²) in [6.07, 6.45) is 0. The van der Waals surface area contributed by atoms with Crippen molar-refractivity contribution in [2.75, 3.05) is 0 Å². The first-order valence-corrected chi connectivity index (χ1v) is 5.16. The SMILES string of the molecule is Cc1c(I)cc(S)cc1CN=[N+]=[N-]. The summed E-state index contributed by atoms with van der Waals surface area (Å²) in [5, 5.41) is 3.53. The fourth-order valence-corrected chi connectivity index (χ4v) is 2.21. The first-order valence-electron chi connectivity index (χ1n) is 3.64. The van der Waals surface area contributed by atoms with Crippen LogP contribution in [0.1, 0.15) is 11.1 Å². The van der Waals surface area contributed by atoms with Crippen LogP contribution in [-0.2, 0) is 6.54 Å². The average molecular weight is 305 g/mol. The van der Waals surface area contributed by atoms with Gasteiger partial charge in [-0.1, -0.05) is 5.11 Å². The molecule has 1 aromatic rings. The van der Waals surface area contributed by atoms with Crippen molar-refractivity contribution in [3.8, 4) is 0 Å². The molecular formula is C8H8IN3S. The predicted molar refractivity (Wildman–Crippen MR) is 64.0 cm³/mol. The minimum Gasteiger partial charge on any atom is -0.143 e. The lowest BCUT2D eigenvalue weighted by Crippen LogP contribution is -1.90. The molecule has 0 spiro atoms. The molecule has 0 aliphatic carbocycles. The molecule has 13 heavy (non-hydrogen) atoms. The summed E-state index contributed by atoms with van der Waals surface area (Å²) in [5.41, 5.74) is 10.4. The van der Waals surface area contributed by atoms with Crippen LogP contribution in [0.2, 0.25) is 0 Å². The van der Waals surface area contributed by atoms with Gasteiger partial charge in [0.25, 0.3) is 0 Å². The predicted octanol–water partition coefficient (Wildman–Crippen LogP) is 3.70. The zero-order valence-corrected chi connectivity index (χ0v) is 10.1. The number of azide groups is 1. The molecule has 0 saturated heterocycles. The van der Waals surface area contributed by atoms with Gasteiger partial charge in [0.15, 0.2) is 0 Å². The third-order valence-electron chi connectivity index (χ3n) is 1.74. The van der Waals surface area contributed by atoms with E-state index in [9.17, 15) is 0 Å². The van der Waals surface area contributed by atoms with Crippen molar-refractivity contribution in [2.45, 2.75) is 18.4 Å². The number of thiol groups is 1. The monoisotopic (exact) mass is 305 g/mol. The molecule has 0 amide bonds. The second-order valence-electron chi connectivity index (χ2n) is 2.60. The van der Waals surface area contributed by atoms with Crippen molar-refractivity contribution in [3.63, 3.8) is 0 Å². The largest absolute Gasteiger partial charge is 0.143 e. The third-order valence-corrected chi connectivity index (χ3v) is 3.12. The summed E-state index contributed by atoms with van der Waals surface area (Å²) in [6.45, 7) is 2.41. The Morgan fingerprint density at radius 3 is 2.92 bits per heavy atom.